The first-order valence-electron chi connectivity index (χ1n) is 10.3. The summed E-state index contributed by atoms with van der Waals surface area (Å²) < 4.78 is 11.1. The fraction of sp³-hybridized carbons (Fsp3) is 0.167. The van der Waals surface area contributed by atoms with Crippen LogP contribution in [0, 0.1) is 13.8 Å². The van der Waals surface area contributed by atoms with Gasteiger partial charge in [-0.3, -0.25) is 0 Å². The maximum Gasteiger partial charge on any atom is 0.365 e. The maximum absolute atomic E-state index is 5.58. The third-order valence-corrected chi connectivity index (χ3v) is 6.99. The summed E-state index contributed by atoms with van der Waals surface area (Å²) in [4.78, 5) is 10.5. The van der Waals surface area contributed by atoms with Crippen LogP contribution >= 0.6 is 22.7 Å². The van der Waals surface area contributed by atoms with Gasteiger partial charge in [-0.2, -0.15) is 0 Å². The monoisotopic (exact) mass is 476 g/mol. The molecular formula is C24H22N5O2S2+. The second kappa shape index (κ2) is 8.76. The molecule has 0 aliphatic rings. The Bertz CT molecular complexity index is 1410. The average Bonchev–Trinajstić information content (AvgIpc) is 3.58. The highest BCUT2D eigenvalue weighted by Crippen LogP contribution is 2.33. The Hall–Kier alpha value is -3.56. The molecule has 166 valence electrons. The fourth-order valence-electron chi connectivity index (χ4n) is 3.66. The number of rotatable bonds is 6. The molecule has 33 heavy (non-hydrogen) atoms. The Morgan fingerprint density at radius 3 is 2.48 bits per heavy atom. The molecule has 0 bridgehead atoms. The van der Waals surface area contributed by atoms with E-state index in [0.29, 0.717) is 17.3 Å². The van der Waals surface area contributed by atoms with E-state index in [1.54, 1.807) is 46.5 Å². The van der Waals surface area contributed by atoms with E-state index in [-0.39, 0.29) is 0 Å². The molecule has 5 aromatic rings. The lowest BCUT2D eigenvalue weighted by atomic mass is 10.1. The van der Waals surface area contributed by atoms with Crippen LogP contribution in [0.1, 0.15) is 10.4 Å². The lowest BCUT2D eigenvalue weighted by molar-refractivity contribution is -0.734. The van der Waals surface area contributed by atoms with Gasteiger partial charge in [0.1, 0.15) is 5.69 Å². The van der Waals surface area contributed by atoms with Crippen molar-refractivity contribution in [3.05, 3.63) is 70.4 Å². The molecule has 3 heterocycles. The zero-order valence-corrected chi connectivity index (χ0v) is 20.3. The Morgan fingerprint density at radius 1 is 0.970 bits per heavy atom. The molecule has 2 aromatic carbocycles. The van der Waals surface area contributed by atoms with Gasteiger partial charge in [0.2, 0.25) is 0 Å². The highest BCUT2D eigenvalue weighted by Gasteiger charge is 2.27. The number of hydrogen-bond acceptors (Lipinski definition) is 7. The summed E-state index contributed by atoms with van der Waals surface area (Å²) in [5.74, 6) is 1.96. The molecule has 0 saturated carbocycles. The van der Waals surface area contributed by atoms with Gasteiger partial charge in [0.25, 0.3) is 0 Å². The van der Waals surface area contributed by atoms with Gasteiger partial charge < -0.3 is 9.47 Å². The molecule has 0 N–H and O–H groups in total. The van der Waals surface area contributed by atoms with E-state index in [2.05, 4.69) is 19.1 Å². The van der Waals surface area contributed by atoms with Gasteiger partial charge in [0, 0.05) is 16.7 Å². The van der Waals surface area contributed by atoms with E-state index in [9.17, 15) is 0 Å². The number of thiazole rings is 1. The molecule has 7 nitrogen and oxygen atoms in total. The number of tetrazole rings is 1. The van der Waals surface area contributed by atoms with Gasteiger partial charge in [-0.1, -0.05) is 52.7 Å². The van der Waals surface area contributed by atoms with Crippen molar-refractivity contribution in [1.29, 1.82) is 0 Å². The van der Waals surface area contributed by atoms with Gasteiger partial charge in [-0.25, -0.2) is 0 Å². The van der Waals surface area contributed by atoms with Gasteiger partial charge >= 0.3 is 11.0 Å². The van der Waals surface area contributed by atoms with Crippen LogP contribution in [0.5, 0.6) is 11.5 Å². The van der Waals surface area contributed by atoms with Crippen molar-refractivity contribution in [3.63, 3.8) is 0 Å². The normalized spacial score (nSPS) is 11.0. The summed E-state index contributed by atoms with van der Waals surface area (Å²) in [5, 5.41) is 12.4. The molecule has 3 aromatic heterocycles. The molecule has 0 atom stereocenters. The molecule has 9 heteroatoms. The highest BCUT2D eigenvalue weighted by molar-refractivity contribution is 7.14. The van der Waals surface area contributed by atoms with Crippen molar-refractivity contribution in [1.82, 2.24) is 20.0 Å². The first kappa shape index (κ1) is 21.3. The quantitative estimate of drug-likeness (QED) is 0.322. The minimum Gasteiger partial charge on any atom is -0.493 e. The van der Waals surface area contributed by atoms with Gasteiger partial charge in [-0.15, -0.1) is 11.3 Å². The molecule has 5 rings (SSSR count). The average molecular weight is 477 g/mol. The summed E-state index contributed by atoms with van der Waals surface area (Å²) in [6.45, 7) is 4.05. The standard InChI is InChI=1S/C24H22N5O2S2/c1-15-13-18(14-19(30-3)22(15)31-4)28-26-23(20-11-8-12-32-20)27-29(28)24-25-21(16(2)33-24)17-9-6-5-7-10-17/h5-14H,1-4H3/q+1. The Morgan fingerprint density at radius 2 is 1.79 bits per heavy atom. The number of ether oxygens (including phenoxy) is 2. The van der Waals surface area contributed by atoms with Crippen LogP contribution in [-0.2, 0) is 0 Å². The Balaban J connectivity index is 1.70. The van der Waals surface area contributed by atoms with Gasteiger partial charge in [0.15, 0.2) is 17.2 Å². The lowest BCUT2D eigenvalue weighted by Crippen LogP contribution is -2.43. The van der Waals surface area contributed by atoms with Gasteiger partial charge in [0.05, 0.1) is 24.0 Å². The Kier molecular flexibility index (Phi) is 5.65. The SMILES string of the molecule is COc1cc(-n2nc(-c3cccs3)n[n+]2-c2nc(-c3ccccc3)c(C)s2)cc(C)c1OC. The van der Waals surface area contributed by atoms with Crippen molar-refractivity contribution < 1.29 is 14.3 Å². The summed E-state index contributed by atoms with van der Waals surface area (Å²) >= 11 is 3.18. The van der Waals surface area contributed by atoms with E-state index < -0.39 is 0 Å². The van der Waals surface area contributed by atoms with Crippen LogP contribution < -0.4 is 14.3 Å². The van der Waals surface area contributed by atoms with E-state index in [1.807, 2.05) is 54.8 Å². The predicted molar refractivity (Wildman–Crippen MR) is 130 cm³/mol. The van der Waals surface area contributed by atoms with Crippen LogP contribution in [0.2, 0.25) is 0 Å². The topological polar surface area (TPSA) is 65.9 Å². The number of benzene rings is 2. The van der Waals surface area contributed by atoms with E-state index in [0.717, 1.165) is 37.4 Å². The molecular weight excluding hydrogens is 454 g/mol. The van der Waals surface area contributed by atoms with E-state index >= 15 is 0 Å². The third kappa shape index (κ3) is 3.90. The highest BCUT2D eigenvalue weighted by atomic mass is 32.1. The summed E-state index contributed by atoms with van der Waals surface area (Å²) in [7, 11) is 3.27. The molecule has 0 radical (unpaired) electrons. The second-order valence-corrected chi connectivity index (χ2v) is 9.47. The number of hydrogen-bond donors (Lipinski definition) is 0. The van der Waals surface area contributed by atoms with Crippen molar-refractivity contribution in [2.75, 3.05) is 14.2 Å². The summed E-state index contributed by atoms with van der Waals surface area (Å²) in [5.41, 5.74) is 3.75. The zero-order valence-electron chi connectivity index (χ0n) is 18.6. The first-order valence-corrected chi connectivity index (χ1v) is 12.0. The fourth-order valence-corrected chi connectivity index (χ4v) is 5.18. The number of thiophene rings is 1. The van der Waals surface area contributed by atoms with E-state index in [4.69, 9.17) is 24.7 Å². The number of aromatic nitrogens is 5. The zero-order chi connectivity index (χ0) is 22.9. The minimum atomic E-state index is 0.631. The second-order valence-electron chi connectivity index (χ2n) is 7.35. The van der Waals surface area contributed by atoms with Crippen LogP contribution in [0.15, 0.2) is 60.0 Å². The van der Waals surface area contributed by atoms with Crippen LogP contribution in [-0.4, -0.2) is 34.2 Å². The van der Waals surface area contributed by atoms with Crippen molar-refractivity contribution in [3.8, 4) is 44.3 Å². The predicted octanol–water partition coefficient (Wildman–Crippen LogP) is 5.03. The molecule has 0 amide bonds. The largest absolute Gasteiger partial charge is 0.493 e. The molecule has 0 saturated heterocycles. The van der Waals surface area contributed by atoms with Crippen molar-refractivity contribution in [2.24, 2.45) is 0 Å². The molecule has 0 unspecified atom stereocenters. The number of aryl methyl sites for hydroxylation is 2. The smallest absolute Gasteiger partial charge is 0.365 e. The maximum atomic E-state index is 5.58. The molecule has 0 fully saturated rings. The Labute approximate surface area is 199 Å². The van der Waals surface area contributed by atoms with Crippen molar-refractivity contribution in [2.45, 2.75) is 13.8 Å². The van der Waals surface area contributed by atoms with Crippen LogP contribution in [0.4, 0.5) is 0 Å². The van der Waals surface area contributed by atoms with Gasteiger partial charge in [-0.05, 0) is 51.6 Å². The molecule has 0 aliphatic heterocycles. The lowest BCUT2D eigenvalue weighted by Gasteiger charge is -2.11. The minimum absolute atomic E-state index is 0.631. The molecule has 0 aliphatic carbocycles. The number of methoxy groups -OCH3 is 2. The third-order valence-electron chi connectivity index (χ3n) is 5.18. The molecule has 0 spiro atoms. The number of nitrogens with zero attached hydrogens (tertiary/aromatic N) is 5. The van der Waals surface area contributed by atoms with E-state index in [1.165, 1.54) is 0 Å². The summed E-state index contributed by atoms with van der Waals surface area (Å²) in [6, 6.07) is 18.1. The van der Waals surface area contributed by atoms with Crippen molar-refractivity contribution >= 4 is 22.7 Å². The first-order chi connectivity index (χ1) is 16.1. The van der Waals surface area contributed by atoms with Crippen LogP contribution in [0.25, 0.3) is 32.8 Å². The summed E-state index contributed by atoms with van der Waals surface area (Å²) in [6.07, 6.45) is 0. The van der Waals surface area contributed by atoms with Crippen LogP contribution in [0.3, 0.4) is 0 Å².